The van der Waals surface area contributed by atoms with Gasteiger partial charge in [0.15, 0.2) is 6.61 Å². The Morgan fingerprint density at radius 1 is 1.30 bits per heavy atom. The number of benzene rings is 1. The number of carbonyl (C=O) groups excluding carboxylic acids is 2. The van der Waals surface area contributed by atoms with Crippen molar-refractivity contribution in [2.75, 3.05) is 13.2 Å². The lowest BCUT2D eigenvalue weighted by molar-refractivity contribution is -0.118. The van der Waals surface area contributed by atoms with Crippen molar-refractivity contribution in [3.63, 3.8) is 0 Å². The summed E-state index contributed by atoms with van der Waals surface area (Å²) >= 11 is 7.20. The van der Waals surface area contributed by atoms with E-state index in [4.69, 9.17) is 16.3 Å². The Balaban J connectivity index is 1.88. The molecule has 0 bridgehead atoms. The first-order chi connectivity index (χ1) is 11.0. The fourth-order valence-electron chi connectivity index (χ4n) is 1.83. The molecule has 1 amide bonds. The topological polar surface area (TPSA) is 55.4 Å². The van der Waals surface area contributed by atoms with Crippen LogP contribution in [0.2, 0.25) is 5.02 Å². The summed E-state index contributed by atoms with van der Waals surface area (Å²) in [7, 11) is 0. The van der Waals surface area contributed by atoms with E-state index in [1.165, 1.54) is 30.4 Å². The summed E-state index contributed by atoms with van der Waals surface area (Å²) in [5, 5.41) is 2.83. The molecule has 1 N–H and O–H groups in total. The zero-order valence-corrected chi connectivity index (χ0v) is 14.0. The second-order valence-electron chi connectivity index (χ2n) is 4.79. The summed E-state index contributed by atoms with van der Waals surface area (Å²) in [5.74, 6) is -0.455. The molecule has 1 aromatic heterocycles. The van der Waals surface area contributed by atoms with Crippen LogP contribution >= 0.6 is 22.9 Å². The number of hydrogen-bond acceptors (Lipinski definition) is 4. The fraction of sp³-hybridized carbons (Fsp3) is 0.250. The normalized spacial score (nSPS) is 10.4. The van der Waals surface area contributed by atoms with Gasteiger partial charge in [-0.3, -0.25) is 9.59 Å². The third-order valence-corrected chi connectivity index (χ3v) is 4.42. The van der Waals surface area contributed by atoms with Crippen LogP contribution in [0.1, 0.15) is 21.5 Å². The van der Waals surface area contributed by atoms with Gasteiger partial charge in [-0.25, -0.2) is 4.39 Å². The molecule has 0 unspecified atom stereocenters. The minimum absolute atomic E-state index is 0.0811. The minimum Gasteiger partial charge on any atom is -0.484 e. The maximum absolute atomic E-state index is 12.9. The van der Waals surface area contributed by atoms with Gasteiger partial charge in [-0.2, -0.15) is 0 Å². The molecule has 0 aliphatic rings. The van der Waals surface area contributed by atoms with E-state index in [1.54, 1.807) is 6.07 Å². The molecule has 0 radical (unpaired) electrons. The van der Waals surface area contributed by atoms with Gasteiger partial charge in [-0.1, -0.05) is 11.6 Å². The Morgan fingerprint density at radius 3 is 2.78 bits per heavy atom. The van der Waals surface area contributed by atoms with Crippen LogP contribution in [0.3, 0.4) is 0 Å². The molecule has 0 aliphatic heterocycles. The van der Waals surface area contributed by atoms with Gasteiger partial charge in [0.1, 0.15) is 11.6 Å². The number of halogens is 2. The smallest absolute Gasteiger partial charge is 0.216 e. The summed E-state index contributed by atoms with van der Waals surface area (Å²) in [6.45, 7) is 1.82. The van der Waals surface area contributed by atoms with Crippen LogP contribution < -0.4 is 10.1 Å². The predicted octanol–water partition coefficient (Wildman–Crippen LogP) is 3.48. The molecule has 0 atom stereocenters. The van der Waals surface area contributed by atoms with Gasteiger partial charge in [-0.05, 0) is 36.8 Å². The van der Waals surface area contributed by atoms with E-state index in [9.17, 15) is 14.0 Å². The Hall–Kier alpha value is -1.92. The van der Waals surface area contributed by atoms with Crippen LogP contribution in [-0.2, 0) is 11.2 Å². The molecule has 0 saturated carbocycles. The summed E-state index contributed by atoms with van der Waals surface area (Å²) in [6.07, 6.45) is 0.669. The van der Waals surface area contributed by atoms with Gasteiger partial charge in [0.2, 0.25) is 11.7 Å². The van der Waals surface area contributed by atoms with Crippen LogP contribution in [0, 0.1) is 5.82 Å². The molecule has 2 aromatic rings. The number of hydrogen-bond donors (Lipinski definition) is 1. The van der Waals surface area contributed by atoms with Crippen LogP contribution in [0.25, 0.3) is 0 Å². The first-order valence-electron chi connectivity index (χ1n) is 6.90. The van der Waals surface area contributed by atoms with Crippen molar-refractivity contribution in [3.05, 3.63) is 50.9 Å². The SMILES string of the molecule is CC(=O)NCCc1ccc(C(=O)COc2ccc(F)cc2Cl)s1. The molecular weight excluding hydrogens is 341 g/mol. The molecule has 0 saturated heterocycles. The molecule has 23 heavy (non-hydrogen) atoms. The van der Waals surface area contributed by atoms with Crippen molar-refractivity contribution >= 4 is 34.6 Å². The standard InChI is InChI=1S/C16H15ClFNO3S/c1-10(20)19-7-6-12-3-5-16(23-12)14(21)9-22-15-4-2-11(18)8-13(15)17/h2-5,8H,6-7,9H2,1H3,(H,19,20). The number of ketones is 1. The molecule has 2 rings (SSSR count). The monoisotopic (exact) mass is 355 g/mol. The van der Waals surface area contributed by atoms with Gasteiger partial charge in [0, 0.05) is 18.3 Å². The zero-order valence-electron chi connectivity index (χ0n) is 12.4. The lowest BCUT2D eigenvalue weighted by Gasteiger charge is -2.06. The van der Waals surface area contributed by atoms with Crippen LogP contribution in [0.4, 0.5) is 4.39 Å². The van der Waals surface area contributed by atoms with Gasteiger partial charge in [0.25, 0.3) is 0 Å². The Bertz CT molecular complexity index is 717. The minimum atomic E-state index is -0.462. The Kier molecular flexibility index (Phi) is 6.12. The number of rotatable bonds is 7. The third-order valence-electron chi connectivity index (χ3n) is 2.93. The lowest BCUT2D eigenvalue weighted by Crippen LogP contribution is -2.22. The molecule has 0 spiro atoms. The summed E-state index contributed by atoms with van der Waals surface area (Å²) in [6, 6.07) is 7.32. The van der Waals surface area contributed by atoms with Crippen LogP contribution in [0.5, 0.6) is 5.75 Å². The van der Waals surface area contributed by atoms with Crippen molar-refractivity contribution in [3.8, 4) is 5.75 Å². The van der Waals surface area contributed by atoms with Crippen LogP contribution in [-0.4, -0.2) is 24.8 Å². The van der Waals surface area contributed by atoms with Crippen molar-refractivity contribution in [2.24, 2.45) is 0 Å². The van der Waals surface area contributed by atoms with E-state index in [2.05, 4.69) is 5.32 Å². The Labute approximate surface area is 142 Å². The molecule has 1 aromatic carbocycles. The number of ether oxygens (including phenoxy) is 1. The van der Waals surface area contributed by atoms with E-state index in [1.807, 2.05) is 6.07 Å². The fourth-order valence-corrected chi connectivity index (χ4v) is 2.98. The van der Waals surface area contributed by atoms with Gasteiger partial charge in [0.05, 0.1) is 9.90 Å². The van der Waals surface area contributed by atoms with E-state index in [0.29, 0.717) is 17.8 Å². The number of carbonyl (C=O) groups is 2. The van der Waals surface area contributed by atoms with Gasteiger partial charge >= 0.3 is 0 Å². The second kappa shape index (κ2) is 8.08. The molecule has 122 valence electrons. The molecule has 0 fully saturated rings. The summed E-state index contributed by atoms with van der Waals surface area (Å²) in [4.78, 5) is 24.5. The maximum Gasteiger partial charge on any atom is 0.216 e. The largest absolute Gasteiger partial charge is 0.484 e. The molecule has 7 heteroatoms. The first-order valence-corrected chi connectivity index (χ1v) is 8.09. The van der Waals surface area contributed by atoms with E-state index in [-0.39, 0.29) is 29.1 Å². The van der Waals surface area contributed by atoms with Crippen molar-refractivity contribution in [1.82, 2.24) is 5.32 Å². The van der Waals surface area contributed by atoms with Crippen molar-refractivity contribution in [2.45, 2.75) is 13.3 Å². The quantitative estimate of drug-likeness (QED) is 0.773. The van der Waals surface area contributed by atoms with E-state index < -0.39 is 5.82 Å². The van der Waals surface area contributed by atoms with E-state index in [0.717, 1.165) is 10.9 Å². The third kappa shape index (κ3) is 5.33. The highest BCUT2D eigenvalue weighted by atomic mass is 35.5. The maximum atomic E-state index is 12.9. The second-order valence-corrected chi connectivity index (χ2v) is 6.36. The highest BCUT2D eigenvalue weighted by Gasteiger charge is 2.12. The molecular formula is C16H15ClFNO3S. The van der Waals surface area contributed by atoms with E-state index >= 15 is 0 Å². The zero-order chi connectivity index (χ0) is 16.8. The highest BCUT2D eigenvalue weighted by molar-refractivity contribution is 7.14. The molecule has 0 aliphatic carbocycles. The summed E-state index contributed by atoms with van der Waals surface area (Å²) < 4.78 is 18.3. The number of Topliss-reactive ketones (excluding diaryl/α,β-unsaturated/α-hetero) is 1. The lowest BCUT2D eigenvalue weighted by atomic mass is 10.3. The van der Waals surface area contributed by atoms with Crippen molar-refractivity contribution < 1.29 is 18.7 Å². The molecule has 4 nitrogen and oxygen atoms in total. The van der Waals surface area contributed by atoms with Crippen molar-refractivity contribution in [1.29, 1.82) is 0 Å². The van der Waals surface area contributed by atoms with Crippen LogP contribution in [0.15, 0.2) is 30.3 Å². The van der Waals surface area contributed by atoms with Gasteiger partial charge < -0.3 is 10.1 Å². The Morgan fingerprint density at radius 2 is 2.09 bits per heavy atom. The number of nitrogens with one attached hydrogen (secondary N) is 1. The average Bonchev–Trinajstić information content (AvgIpc) is 2.94. The van der Waals surface area contributed by atoms with Gasteiger partial charge in [-0.15, -0.1) is 11.3 Å². The predicted molar refractivity (Wildman–Crippen MR) is 87.9 cm³/mol. The first kappa shape index (κ1) is 17.4. The average molecular weight is 356 g/mol. The molecule has 1 heterocycles. The summed E-state index contributed by atoms with van der Waals surface area (Å²) in [5.41, 5.74) is 0. The highest BCUT2D eigenvalue weighted by Crippen LogP contribution is 2.25. The number of thiophene rings is 1. The number of amides is 1.